The second-order valence-corrected chi connectivity index (χ2v) is 7.61. The van der Waals surface area contributed by atoms with Crippen LogP contribution in [-0.2, 0) is 9.59 Å². The topological polar surface area (TPSA) is 75.4 Å². The molecule has 1 aliphatic rings. The summed E-state index contributed by atoms with van der Waals surface area (Å²) in [6.45, 7) is 5.84. The number of carbonyl (C=O) groups excluding carboxylic acids is 2. The number of hydrogen-bond donors (Lipinski definition) is 2. The van der Waals surface area contributed by atoms with E-state index in [0.717, 1.165) is 15.8 Å². The summed E-state index contributed by atoms with van der Waals surface area (Å²) >= 11 is 5.04. The van der Waals surface area contributed by atoms with Crippen LogP contribution in [0.1, 0.15) is 38.1 Å². The van der Waals surface area contributed by atoms with Crippen molar-refractivity contribution in [2.24, 2.45) is 5.73 Å². The Balaban J connectivity index is 2.44. The number of nitrogens with one attached hydrogen (secondary N) is 1. The van der Waals surface area contributed by atoms with Crippen molar-refractivity contribution in [3.05, 3.63) is 20.8 Å². The maximum absolute atomic E-state index is 12.2. The predicted molar refractivity (Wildman–Crippen MR) is 87.0 cm³/mol. The Morgan fingerprint density at radius 2 is 2.19 bits per heavy atom. The van der Waals surface area contributed by atoms with Gasteiger partial charge in [0.05, 0.1) is 18.1 Å². The molecule has 0 radical (unpaired) electrons. The van der Waals surface area contributed by atoms with E-state index in [9.17, 15) is 9.59 Å². The Bertz CT molecular complexity index is 558. The van der Waals surface area contributed by atoms with Crippen LogP contribution in [0.15, 0.2) is 15.9 Å². The van der Waals surface area contributed by atoms with Crippen LogP contribution in [0.4, 0.5) is 0 Å². The summed E-state index contributed by atoms with van der Waals surface area (Å²) in [6, 6.07) is 1.71. The fraction of sp³-hybridized carbons (Fsp3) is 0.571. The van der Waals surface area contributed by atoms with Crippen LogP contribution in [0.25, 0.3) is 0 Å². The van der Waals surface area contributed by atoms with Gasteiger partial charge in [0.1, 0.15) is 0 Å². The lowest BCUT2D eigenvalue weighted by atomic mass is 9.92. The summed E-state index contributed by atoms with van der Waals surface area (Å²) in [5, 5.41) is 4.39. The smallest absolute Gasteiger partial charge is 0.246 e. The maximum atomic E-state index is 12.2. The lowest BCUT2D eigenvalue weighted by Gasteiger charge is -2.46. The Labute approximate surface area is 137 Å². The van der Waals surface area contributed by atoms with E-state index in [-0.39, 0.29) is 30.4 Å². The molecule has 7 heteroatoms. The van der Waals surface area contributed by atoms with Crippen LogP contribution >= 0.6 is 27.3 Å². The number of nitrogens with zero attached hydrogens (tertiary/aromatic N) is 1. The lowest BCUT2D eigenvalue weighted by Crippen LogP contribution is -2.66. The summed E-state index contributed by atoms with van der Waals surface area (Å²) in [4.78, 5) is 27.0. The van der Waals surface area contributed by atoms with E-state index in [1.807, 2.05) is 37.1 Å². The molecule has 2 amide bonds. The largest absolute Gasteiger partial charge is 0.326 e. The van der Waals surface area contributed by atoms with Crippen molar-refractivity contribution in [2.75, 3.05) is 6.54 Å². The summed E-state index contributed by atoms with van der Waals surface area (Å²) in [5.41, 5.74) is 5.53. The second-order valence-electron chi connectivity index (χ2n) is 5.75. The monoisotopic (exact) mass is 373 g/mol. The minimum absolute atomic E-state index is 0.145. The number of imide groups is 1. The number of thiophene rings is 1. The molecular weight excluding hydrogens is 354 g/mol. The van der Waals surface area contributed by atoms with E-state index in [0.29, 0.717) is 0 Å². The molecule has 1 aromatic rings. The van der Waals surface area contributed by atoms with Gasteiger partial charge >= 0.3 is 0 Å². The maximum Gasteiger partial charge on any atom is 0.246 e. The van der Waals surface area contributed by atoms with Crippen LogP contribution < -0.4 is 11.1 Å². The summed E-state index contributed by atoms with van der Waals surface area (Å²) in [5.74, 6) is -0.550. The molecule has 116 valence electrons. The number of amides is 2. The normalized spacial score (nSPS) is 22.0. The van der Waals surface area contributed by atoms with Crippen molar-refractivity contribution in [1.29, 1.82) is 0 Å². The molecule has 0 aliphatic carbocycles. The van der Waals surface area contributed by atoms with Gasteiger partial charge in [0.2, 0.25) is 11.8 Å². The van der Waals surface area contributed by atoms with Crippen molar-refractivity contribution < 1.29 is 9.59 Å². The molecule has 21 heavy (non-hydrogen) atoms. The number of rotatable bonds is 4. The molecule has 0 saturated carbocycles. The molecule has 0 bridgehead atoms. The molecular formula is C14H20BrN3O2S. The number of nitrogens with two attached hydrogens (primary N) is 1. The predicted octanol–water partition coefficient (Wildman–Crippen LogP) is 2.03. The van der Waals surface area contributed by atoms with E-state index in [1.54, 1.807) is 11.3 Å². The number of halogens is 1. The van der Waals surface area contributed by atoms with E-state index >= 15 is 0 Å². The molecule has 0 aromatic carbocycles. The van der Waals surface area contributed by atoms with Crippen LogP contribution in [-0.4, -0.2) is 34.8 Å². The Morgan fingerprint density at radius 3 is 2.71 bits per heavy atom. The lowest BCUT2D eigenvalue weighted by molar-refractivity contribution is -0.147. The van der Waals surface area contributed by atoms with Gasteiger partial charge in [-0.15, -0.1) is 11.3 Å². The van der Waals surface area contributed by atoms with Crippen molar-refractivity contribution in [2.45, 2.75) is 44.8 Å². The zero-order valence-corrected chi connectivity index (χ0v) is 14.8. The van der Waals surface area contributed by atoms with Gasteiger partial charge < -0.3 is 5.73 Å². The third kappa shape index (κ3) is 3.21. The molecule has 1 fully saturated rings. The quantitative estimate of drug-likeness (QED) is 0.791. The van der Waals surface area contributed by atoms with E-state index in [4.69, 9.17) is 5.73 Å². The molecule has 1 saturated heterocycles. The minimum atomic E-state index is -0.776. The highest BCUT2D eigenvalue weighted by atomic mass is 79.9. The minimum Gasteiger partial charge on any atom is -0.326 e. The van der Waals surface area contributed by atoms with Gasteiger partial charge in [-0.25, -0.2) is 0 Å². The van der Waals surface area contributed by atoms with E-state index < -0.39 is 5.54 Å². The van der Waals surface area contributed by atoms with Crippen LogP contribution in [0, 0.1) is 0 Å². The highest BCUT2D eigenvalue weighted by molar-refractivity contribution is 9.10. The molecule has 5 nitrogen and oxygen atoms in total. The van der Waals surface area contributed by atoms with Crippen molar-refractivity contribution in [3.63, 3.8) is 0 Å². The number of piperazine rings is 1. The molecule has 0 spiro atoms. The Morgan fingerprint density at radius 1 is 1.52 bits per heavy atom. The van der Waals surface area contributed by atoms with Crippen molar-refractivity contribution >= 4 is 39.1 Å². The first-order chi connectivity index (χ1) is 9.77. The van der Waals surface area contributed by atoms with E-state index in [2.05, 4.69) is 21.2 Å². The van der Waals surface area contributed by atoms with Gasteiger partial charge in [0.15, 0.2) is 0 Å². The average Bonchev–Trinajstić information content (AvgIpc) is 2.82. The fourth-order valence-corrected chi connectivity index (χ4v) is 4.18. The highest BCUT2D eigenvalue weighted by Gasteiger charge is 2.46. The van der Waals surface area contributed by atoms with Crippen LogP contribution in [0.2, 0.25) is 0 Å². The zero-order valence-electron chi connectivity index (χ0n) is 12.4. The first kappa shape index (κ1) is 16.6. The molecule has 2 atom stereocenters. The van der Waals surface area contributed by atoms with Crippen molar-refractivity contribution in [1.82, 2.24) is 10.2 Å². The summed E-state index contributed by atoms with van der Waals surface area (Å²) in [6.07, 6.45) is 0.766. The third-order valence-electron chi connectivity index (χ3n) is 3.93. The number of hydrogen-bond acceptors (Lipinski definition) is 5. The SMILES string of the molecule is CCC(N)C(c1cc(Br)cs1)N1CC(=O)NC(=O)C1(C)C. The van der Waals surface area contributed by atoms with Crippen LogP contribution in [0.3, 0.4) is 0 Å². The first-order valence-corrected chi connectivity index (χ1v) is 8.55. The van der Waals surface area contributed by atoms with Crippen molar-refractivity contribution in [3.8, 4) is 0 Å². The second kappa shape index (κ2) is 6.16. The average molecular weight is 374 g/mol. The van der Waals surface area contributed by atoms with Gasteiger partial charge in [-0.3, -0.25) is 19.8 Å². The van der Waals surface area contributed by atoms with Gasteiger partial charge in [-0.1, -0.05) is 6.92 Å². The zero-order chi connectivity index (χ0) is 15.8. The molecule has 1 aromatic heterocycles. The van der Waals surface area contributed by atoms with Gasteiger partial charge in [0, 0.05) is 20.8 Å². The summed E-state index contributed by atoms with van der Waals surface area (Å²) < 4.78 is 0.987. The molecule has 2 rings (SSSR count). The van der Waals surface area contributed by atoms with E-state index in [1.165, 1.54) is 0 Å². The van der Waals surface area contributed by atoms with Gasteiger partial charge in [0.25, 0.3) is 0 Å². The standard InChI is InChI=1S/C14H20BrN3O2S/c1-4-9(16)12(10-5-8(15)7-21-10)18-6-11(19)17-13(20)14(18,2)3/h5,7,9,12H,4,6,16H2,1-3H3,(H,17,19,20). The highest BCUT2D eigenvalue weighted by Crippen LogP contribution is 2.37. The van der Waals surface area contributed by atoms with Gasteiger partial charge in [-0.2, -0.15) is 0 Å². The molecule has 3 N–H and O–H groups in total. The third-order valence-corrected chi connectivity index (χ3v) is 5.70. The van der Waals surface area contributed by atoms with Gasteiger partial charge in [-0.05, 0) is 42.3 Å². The first-order valence-electron chi connectivity index (χ1n) is 6.88. The Hall–Kier alpha value is -0.760. The molecule has 2 unspecified atom stereocenters. The molecule has 2 heterocycles. The van der Waals surface area contributed by atoms with Crippen LogP contribution in [0.5, 0.6) is 0 Å². The molecule has 1 aliphatic heterocycles. The fourth-order valence-electron chi connectivity index (χ4n) is 2.55. The summed E-state index contributed by atoms with van der Waals surface area (Å²) in [7, 11) is 0. The Kier molecular flexibility index (Phi) is 4.87. The number of carbonyl (C=O) groups is 2.